The molecule has 146 valence electrons. The minimum absolute atomic E-state index is 0.126. The monoisotopic (exact) mass is 408 g/mol. The third-order valence-corrected chi connectivity index (χ3v) is 5.24. The number of carboxylic acids is 1. The number of amides is 1. The Morgan fingerprint density at radius 2 is 2.10 bits per heavy atom. The zero-order valence-electron chi connectivity index (χ0n) is 15.3. The summed E-state index contributed by atoms with van der Waals surface area (Å²) in [6.07, 6.45) is 5.21. The molecule has 3 heterocycles. The van der Waals surface area contributed by atoms with E-state index in [9.17, 15) is 9.59 Å². The van der Waals surface area contributed by atoms with Gasteiger partial charge in [-0.2, -0.15) is 0 Å². The Hall–Kier alpha value is -3.79. The molecule has 0 unspecified atom stereocenters. The number of carbonyl (C=O) groups is 2. The Morgan fingerprint density at radius 1 is 1.28 bits per heavy atom. The van der Waals surface area contributed by atoms with Crippen molar-refractivity contribution >= 4 is 23.2 Å². The summed E-state index contributed by atoms with van der Waals surface area (Å²) >= 11 is 1.02. The summed E-state index contributed by atoms with van der Waals surface area (Å²) in [6, 6.07) is 8.89. The second-order valence-electron chi connectivity index (χ2n) is 6.25. The number of carbonyl (C=O) groups excluding carboxylic acids is 1. The van der Waals surface area contributed by atoms with Crippen molar-refractivity contribution in [1.82, 2.24) is 29.9 Å². The van der Waals surface area contributed by atoms with Crippen LogP contribution >= 0.6 is 11.3 Å². The normalized spacial score (nSPS) is 10.8. The maximum atomic E-state index is 12.4. The van der Waals surface area contributed by atoms with Crippen molar-refractivity contribution in [2.24, 2.45) is 7.05 Å². The number of nitrogens with zero attached hydrogens (tertiary/aromatic N) is 5. The number of para-hydroxylation sites is 1. The number of carboxylic acid groups (broad SMARTS) is 1. The summed E-state index contributed by atoms with van der Waals surface area (Å²) < 4.78 is 3.50. The van der Waals surface area contributed by atoms with E-state index in [4.69, 9.17) is 5.11 Å². The van der Waals surface area contributed by atoms with Crippen molar-refractivity contribution in [2.75, 3.05) is 0 Å². The molecule has 0 aliphatic heterocycles. The summed E-state index contributed by atoms with van der Waals surface area (Å²) in [6.45, 7) is 0.258. The molecule has 29 heavy (non-hydrogen) atoms. The Kier molecular flexibility index (Phi) is 4.92. The lowest BCUT2D eigenvalue weighted by Gasteiger charge is -2.09. The van der Waals surface area contributed by atoms with Crippen molar-refractivity contribution in [2.45, 2.75) is 6.54 Å². The molecule has 2 N–H and O–H groups in total. The van der Waals surface area contributed by atoms with E-state index < -0.39 is 5.97 Å². The highest BCUT2D eigenvalue weighted by atomic mass is 32.1. The molecule has 0 saturated heterocycles. The second-order valence-corrected chi connectivity index (χ2v) is 7.17. The van der Waals surface area contributed by atoms with Gasteiger partial charge in [0, 0.05) is 19.0 Å². The van der Waals surface area contributed by atoms with E-state index >= 15 is 0 Å². The number of hydrogen-bond donors (Lipinski definition) is 2. The molecule has 0 radical (unpaired) electrons. The zero-order valence-corrected chi connectivity index (χ0v) is 16.1. The molecule has 1 amide bonds. The lowest BCUT2D eigenvalue weighted by atomic mass is 10.1. The number of rotatable bonds is 6. The first kappa shape index (κ1) is 18.6. The summed E-state index contributed by atoms with van der Waals surface area (Å²) in [5.74, 6) is -1.38. The molecular weight excluding hydrogens is 392 g/mol. The number of benzene rings is 1. The van der Waals surface area contributed by atoms with Gasteiger partial charge in [0.25, 0.3) is 5.91 Å². The Bertz CT molecular complexity index is 1190. The van der Waals surface area contributed by atoms with Gasteiger partial charge < -0.3 is 15.0 Å². The smallest absolute Gasteiger partial charge is 0.345 e. The number of aromatic nitrogens is 5. The Balaban J connectivity index is 1.53. The number of nitrogens with one attached hydrogen (secondary N) is 1. The van der Waals surface area contributed by atoms with E-state index in [1.807, 2.05) is 35.9 Å². The van der Waals surface area contributed by atoms with Gasteiger partial charge in [-0.25, -0.2) is 14.5 Å². The van der Waals surface area contributed by atoms with Crippen LogP contribution in [0.5, 0.6) is 0 Å². The predicted octanol–water partition coefficient (Wildman–Crippen LogP) is 2.36. The van der Waals surface area contributed by atoms with Crippen LogP contribution in [0.15, 0.2) is 54.4 Å². The fourth-order valence-corrected chi connectivity index (χ4v) is 3.56. The fraction of sp³-hybridized carbons (Fsp3) is 0.105. The largest absolute Gasteiger partial charge is 0.477 e. The number of thiophene rings is 1. The summed E-state index contributed by atoms with van der Waals surface area (Å²) in [5.41, 5.74) is 3.47. The SMILES string of the molecule is Cn1cncc1-c1cn(-c2ccccc2CNC(=O)c2csc(C(=O)O)c2)nn1. The van der Waals surface area contributed by atoms with Crippen LogP contribution in [0.3, 0.4) is 0 Å². The van der Waals surface area contributed by atoms with Gasteiger partial charge in [-0.05, 0) is 17.7 Å². The van der Waals surface area contributed by atoms with Gasteiger partial charge in [-0.1, -0.05) is 23.4 Å². The van der Waals surface area contributed by atoms with Gasteiger partial charge in [0.15, 0.2) is 0 Å². The van der Waals surface area contributed by atoms with Crippen molar-refractivity contribution in [3.8, 4) is 17.1 Å². The lowest BCUT2D eigenvalue weighted by molar-refractivity contribution is 0.0702. The predicted molar refractivity (Wildman–Crippen MR) is 106 cm³/mol. The van der Waals surface area contributed by atoms with E-state index in [1.165, 1.54) is 11.4 Å². The summed E-state index contributed by atoms with van der Waals surface area (Å²) in [4.78, 5) is 27.6. The number of aromatic carboxylic acids is 1. The van der Waals surface area contributed by atoms with Crippen LogP contribution in [0.4, 0.5) is 0 Å². The lowest BCUT2D eigenvalue weighted by Crippen LogP contribution is -2.23. The Morgan fingerprint density at radius 3 is 2.83 bits per heavy atom. The van der Waals surface area contributed by atoms with E-state index in [-0.39, 0.29) is 17.3 Å². The molecule has 4 aromatic rings. The van der Waals surface area contributed by atoms with Gasteiger partial charge in [0.1, 0.15) is 10.6 Å². The number of aryl methyl sites for hydroxylation is 1. The van der Waals surface area contributed by atoms with Crippen LogP contribution in [-0.2, 0) is 13.6 Å². The molecule has 0 aliphatic rings. The maximum absolute atomic E-state index is 12.4. The molecule has 4 rings (SSSR count). The molecule has 1 aromatic carbocycles. The molecular formula is C19H16N6O3S. The molecule has 0 bridgehead atoms. The molecule has 0 fully saturated rings. The van der Waals surface area contributed by atoms with Crippen molar-refractivity contribution in [3.63, 3.8) is 0 Å². The third-order valence-electron chi connectivity index (χ3n) is 4.32. The first-order valence-corrected chi connectivity index (χ1v) is 9.48. The topological polar surface area (TPSA) is 115 Å². The minimum Gasteiger partial charge on any atom is -0.477 e. The van der Waals surface area contributed by atoms with Crippen molar-refractivity contribution in [1.29, 1.82) is 0 Å². The van der Waals surface area contributed by atoms with Gasteiger partial charge in [0.2, 0.25) is 0 Å². The third kappa shape index (κ3) is 3.78. The second kappa shape index (κ2) is 7.68. The molecule has 0 spiro atoms. The Labute approximate surface area is 169 Å². The van der Waals surface area contributed by atoms with Crippen LogP contribution in [0, 0.1) is 0 Å². The molecule has 0 atom stereocenters. The zero-order chi connectivity index (χ0) is 20.4. The first-order valence-electron chi connectivity index (χ1n) is 8.60. The van der Waals surface area contributed by atoms with E-state index in [1.54, 1.807) is 23.4 Å². The van der Waals surface area contributed by atoms with Gasteiger partial charge >= 0.3 is 5.97 Å². The van der Waals surface area contributed by atoms with Crippen molar-refractivity contribution < 1.29 is 14.7 Å². The average Bonchev–Trinajstić information content (AvgIpc) is 3.46. The standard InChI is InChI=1S/C19H16N6O3S/c1-24-11-20-8-16(24)14-9-25(23-22-14)15-5-3-2-4-12(15)7-21-18(26)13-6-17(19(27)28)29-10-13/h2-6,8-11H,7H2,1H3,(H,21,26)(H,27,28). The van der Waals surface area contributed by atoms with Gasteiger partial charge in [-0.15, -0.1) is 16.4 Å². The van der Waals surface area contributed by atoms with Crippen LogP contribution < -0.4 is 5.32 Å². The fourth-order valence-electron chi connectivity index (χ4n) is 2.83. The van der Waals surface area contributed by atoms with E-state index in [0.29, 0.717) is 11.3 Å². The number of imidazole rings is 1. The molecule has 10 heteroatoms. The van der Waals surface area contributed by atoms with Crippen LogP contribution in [0.25, 0.3) is 17.1 Å². The quantitative estimate of drug-likeness (QED) is 0.506. The summed E-state index contributed by atoms with van der Waals surface area (Å²) in [5, 5.41) is 21.8. The van der Waals surface area contributed by atoms with Crippen molar-refractivity contribution in [3.05, 3.63) is 70.4 Å². The summed E-state index contributed by atoms with van der Waals surface area (Å²) in [7, 11) is 1.88. The van der Waals surface area contributed by atoms with Crippen LogP contribution in [0.1, 0.15) is 25.6 Å². The highest BCUT2D eigenvalue weighted by molar-refractivity contribution is 7.12. The van der Waals surface area contributed by atoms with Crippen LogP contribution in [-0.4, -0.2) is 41.5 Å². The van der Waals surface area contributed by atoms with Crippen LogP contribution in [0.2, 0.25) is 0 Å². The minimum atomic E-state index is -1.05. The first-order chi connectivity index (χ1) is 14.0. The molecule has 3 aromatic heterocycles. The maximum Gasteiger partial charge on any atom is 0.345 e. The van der Waals surface area contributed by atoms with Gasteiger partial charge in [0.05, 0.1) is 35.7 Å². The highest BCUT2D eigenvalue weighted by Gasteiger charge is 2.14. The molecule has 0 aliphatic carbocycles. The van der Waals surface area contributed by atoms with E-state index in [0.717, 1.165) is 28.3 Å². The molecule has 9 nitrogen and oxygen atoms in total. The molecule has 0 saturated carbocycles. The average molecular weight is 408 g/mol. The van der Waals surface area contributed by atoms with Gasteiger partial charge in [-0.3, -0.25) is 4.79 Å². The number of hydrogen-bond acceptors (Lipinski definition) is 6. The highest BCUT2D eigenvalue weighted by Crippen LogP contribution is 2.19. The van der Waals surface area contributed by atoms with E-state index in [2.05, 4.69) is 20.6 Å².